The topological polar surface area (TPSA) is 80.4 Å². The summed E-state index contributed by atoms with van der Waals surface area (Å²) in [5.74, 6) is -0.249. The van der Waals surface area contributed by atoms with Crippen LogP contribution in [0.5, 0.6) is 0 Å². The highest BCUT2D eigenvalue weighted by atomic mass is 28.3. The van der Waals surface area contributed by atoms with Gasteiger partial charge in [0, 0.05) is 40.9 Å². The van der Waals surface area contributed by atoms with E-state index in [9.17, 15) is 9.18 Å². The van der Waals surface area contributed by atoms with Crippen LogP contribution in [0.25, 0.3) is 33.5 Å². The van der Waals surface area contributed by atoms with E-state index in [0.29, 0.717) is 30.3 Å². The van der Waals surface area contributed by atoms with Gasteiger partial charge in [-0.15, -0.1) is 0 Å². The number of imidazole rings is 1. The smallest absolute Gasteiger partial charge is 0.358 e. The van der Waals surface area contributed by atoms with E-state index in [-0.39, 0.29) is 25.0 Å². The molecule has 0 N–H and O–H groups in total. The maximum atomic E-state index is 14.7. The van der Waals surface area contributed by atoms with Crippen LogP contribution >= 0.6 is 0 Å². The van der Waals surface area contributed by atoms with Crippen LogP contribution in [-0.2, 0) is 34.1 Å². The summed E-state index contributed by atoms with van der Waals surface area (Å²) in [7, 11) is -1.21. The number of methoxy groups -OCH3 is 1. The molecule has 4 aromatic rings. The standard InChI is InChI=1S/C33H47FN4O4Si2/c1-10-24-17-23(2)28(34)19-27(24)25-11-12-26-30(18-25)38(22-42-14-16-44(7,8)9)36-31(26)32-35-29(33(39)40-3)20-37(32)21-41-13-15-43(4,5)6/h11-12,17-20H,10,13-16,21-22H2,1-9H3. The summed E-state index contributed by atoms with van der Waals surface area (Å²) in [4.78, 5) is 17.2. The molecule has 0 aliphatic heterocycles. The summed E-state index contributed by atoms with van der Waals surface area (Å²) in [6.07, 6.45) is 2.44. The number of carbonyl (C=O) groups excluding carboxylic acids is 1. The predicted molar refractivity (Wildman–Crippen MR) is 180 cm³/mol. The molecule has 238 valence electrons. The van der Waals surface area contributed by atoms with Crippen LogP contribution in [0.3, 0.4) is 0 Å². The Hall–Kier alpha value is -3.13. The maximum absolute atomic E-state index is 14.7. The minimum Gasteiger partial charge on any atom is -0.464 e. The zero-order valence-electron chi connectivity index (χ0n) is 27.7. The Kier molecular flexibility index (Phi) is 10.7. The van der Waals surface area contributed by atoms with Crippen molar-refractivity contribution in [1.29, 1.82) is 0 Å². The molecule has 11 heteroatoms. The number of nitrogens with zero attached hydrogens (tertiary/aromatic N) is 4. The Bertz CT molecular complexity index is 1620. The van der Waals surface area contributed by atoms with E-state index < -0.39 is 22.1 Å². The largest absolute Gasteiger partial charge is 0.464 e. The first kappa shape index (κ1) is 33.8. The Morgan fingerprint density at radius 2 is 1.61 bits per heavy atom. The van der Waals surface area contributed by atoms with E-state index >= 15 is 0 Å². The van der Waals surface area contributed by atoms with Crippen LogP contribution < -0.4 is 0 Å². The quantitative estimate of drug-likeness (QED) is 0.0791. The van der Waals surface area contributed by atoms with E-state index in [1.165, 1.54) is 7.11 Å². The first-order chi connectivity index (χ1) is 20.7. The van der Waals surface area contributed by atoms with Crippen LogP contribution in [-0.4, -0.2) is 61.8 Å². The molecule has 44 heavy (non-hydrogen) atoms. The number of fused-ring (bicyclic) bond motifs is 1. The first-order valence-corrected chi connectivity index (χ1v) is 22.7. The lowest BCUT2D eigenvalue weighted by Gasteiger charge is -2.16. The first-order valence-electron chi connectivity index (χ1n) is 15.3. The van der Waals surface area contributed by atoms with Crippen molar-refractivity contribution in [2.24, 2.45) is 0 Å². The molecule has 0 radical (unpaired) electrons. The zero-order chi connectivity index (χ0) is 32.2. The van der Waals surface area contributed by atoms with Crippen LogP contribution in [0.1, 0.15) is 28.5 Å². The molecule has 2 heterocycles. The molecule has 0 aliphatic carbocycles. The van der Waals surface area contributed by atoms with Gasteiger partial charge in [0.05, 0.1) is 12.6 Å². The van der Waals surface area contributed by atoms with Gasteiger partial charge in [-0.2, -0.15) is 5.10 Å². The third kappa shape index (κ3) is 8.32. The van der Waals surface area contributed by atoms with Crippen molar-refractivity contribution in [3.8, 4) is 22.6 Å². The summed E-state index contributed by atoms with van der Waals surface area (Å²) in [5, 5.41) is 5.82. The minimum absolute atomic E-state index is 0.185. The number of benzene rings is 2. The SMILES string of the molecule is CCc1cc(C)c(F)cc1-c1ccc2c(-c3nc(C(=O)OC)cn3COCC[Si](C)(C)C)nn(COCC[Si](C)(C)C)c2c1. The van der Waals surface area contributed by atoms with Gasteiger partial charge in [0.25, 0.3) is 0 Å². The van der Waals surface area contributed by atoms with Crippen LogP contribution in [0, 0.1) is 12.7 Å². The van der Waals surface area contributed by atoms with E-state index in [0.717, 1.165) is 46.1 Å². The summed E-state index contributed by atoms with van der Waals surface area (Å²) >= 11 is 0. The van der Waals surface area contributed by atoms with Gasteiger partial charge in [-0.3, -0.25) is 0 Å². The molecular formula is C33H47FN4O4Si2. The number of halogens is 1. The third-order valence-corrected chi connectivity index (χ3v) is 11.1. The molecule has 0 saturated carbocycles. The fourth-order valence-corrected chi connectivity index (χ4v) is 6.40. The van der Waals surface area contributed by atoms with Crippen LogP contribution in [0.15, 0.2) is 36.5 Å². The Morgan fingerprint density at radius 1 is 0.955 bits per heavy atom. The second kappa shape index (κ2) is 13.9. The maximum Gasteiger partial charge on any atom is 0.358 e. The highest BCUT2D eigenvalue weighted by Gasteiger charge is 2.23. The molecule has 0 atom stereocenters. The van der Waals surface area contributed by atoms with Gasteiger partial charge in [-0.1, -0.05) is 58.3 Å². The lowest BCUT2D eigenvalue weighted by Crippen LogP contribution is -2.22. The molecule has 2 aromatic carbocycles. The van der Waals surface area contributed by atoms with Crippen molar-refractivity contribution in [1.82, 2.24) is 19.3 Å². The molecular weight excluding hydrogens is 592 g/mol. The molecule has 0 amide bonds. The summed E-state index contributed by atoms with van der Waals surface area (Å²) in [5.41, 5.74) is 5.10. The van der Waals surface area contributed by atoms with Gasteiger partial charge >= 0.3 is 5.97 Å². The normalized spacial score (nSPS) is 12.3. The zero-order valence-corrected chi connectivity index (χ0v) is 29.7. The van der Waals surface area contributed by atoms with Crippen molar-refractivity contribution >= 4 is 33.0 Å². The van der Waals surface area contributed by atoms with Crippen molar-refractivity contribution in [3.05, 3.63) is 59.2 Å². The number of aryl methyl sites for hydroxylation is 2. The van der Waals surface area contributed by atoms with Crippen molar-refractivity contribution in [3.63, 3.8) is 0 Å². The summed E-state index contributed by atoms with van der Waals surface area (Å²) in [6, 6.07) is 11.6. The van der Waals surface area contributed by atoms with Gasteiger partial charge in [0.15, 0.2) is 11.5 Å². The number of rotatable bonds is 14. The van der Waals surface area contributed by atoms with Gasteiger partial charge in [0.2, 0.25) is 0 Å². The van der Waals surface area contributed by atoms with Gasteiger partial charge in [-0.25, -0.2) is 18.9 Å². The number of carbonyl (C=O) groups is 1. The number of aromatic nitrogens is 4. The molecule has 0 fully saturated rings. The molecule has 2 aromatic heterocycles. The molecule has 4 rings (SSSR count). The fraction of sp³-hybridized carbons (Fsp3) is 0.485. The molecule has 0 saturated heterocycles. The predicted octanol–water partition coefficient (Wildman–Crippen LogP) is 7.99. The molecule has 0 spiro atoms. The number of hydrogen-bond donors (Lipinski definition) is 0. The Balaban J connectivity index is 1.80. The molecule has 0 aliphatic rings. The van der Waals surface area contributed by atoms with E-state index in [1.54, 1.807) is 19.2 Å². The molecule has 0 unspecified atom stereocenters. The number of ether oxygens (including phenoxy) is 3. The Morgan fingerprint density at radius 3 is 2.23 bits per heavy atom. The average Bonchev–Trinajstić information content (AvgIpc) is 3.54. The van der Waals surface area contributed by atoms with Crippen LogP contribution in [0.4, 0.5) is 4.39 Å². The van der Waals surface area contributed by atoms with E-state index in [2.05, 4.69) is 51.2 Å². The lowest BCUT2D eigenvalue weighted by molar-refractivity contribution is 0.0593. The van der Waals surface area contributed by atoms with Crippen molar-refractivity contribution in [2.75, 3.05) is 20.3 Å². The second-order valence-corrected chi connectivity index (χ2v) is 25.0. The number of esters is 1. The minimum atomic E-state index is -1.28. The molecule has 8 nitrogen and oxygen atoms in total. The lowest BCUT2D eigenvalue weighted by atomic mass is 9.95. The van der Waals surface area contributed by atoms with Gasteiger partial charge in [0.1, 0.15) is 25.0 Å². The van der Waals surface area contributed by atoms with E-state index in [1.807, 2.05) is 33.5 Å². The van der Waals surface area contributed by atoms with Crippen LogP contribution in [0.2, 0.25) is 51.4 Å². The number of hydrogen-bond acceptors (Lipinski definition) is 6. The van der Waals surface area contributed by atoms with Gasteiger partial charge in [-0.05, 0) is 65.9 Å². The van der Waals surface area contributed by atoms with Gasteiger partial charge < -0.3 is 18.8 Å². The fourth-order valence-electron chi connectivity index (χ4n) is 4.88. The summed E-state index contributed by atoms with van der Waals surface area (Å²) < 4.78 is 35.6. The average molecular weight is 639 g/mol. The highest BCUT2D eigenvalue weighted by Crippen LogP contribution is 2.34. The summed E-state index contributed by atoms with van der Waals surface area (Å²) in [6.45, 7) is 19.5. The van der Waals surface area contributed by atoms with Crippen molar-refractivity contribution in [2.45, 2.75) is 85.1 Å². The van der Waals surface area contributed by atoms with E-state index in [4.69, 9.17) is 19.3 Å². The highest BCUT2D eigenvalue weighted by molar-refractivity contribution is 6.76. The Labute approximate surface area is 262 Å². The second-order valence-electron chi connectivity index (χ2n) is 13.8. The molecule has 0 bridgehead atoms. The monoisotopic (exact) mass is 638 g/mol. The third-order valence-electron chi connectivity index (χ3n) is 7.65. The van der Waals surface area contributed by atoms with Crippen molar-refractivity contribution < 1.29 is 23.4 Å².